The van der Waals surface area contributed by atoms with E-state index < -0.39 is 0 Å². The first-order valence-electron chi connectivity index (χ1n) is 13.4. The number of benzene rings is 1. The van der Waals surface area contributed by atoms with Gasteiger partial charge < -0.3 is 19.4 Å². The van der Waals surface area contributed by atoms with Gasteiger partial charge in [0.1, 0.15) is 11.4 Å². The molecule has 3 fully saturated rings. The van der Waals surface area contributed by atoms with Crippen molar-refractivity contribution in [1.82, 2.24) is 14.8 Å². The SMILES string of the molecule is COc1ccc2cccnc2c1N1CCCN(CC2CCN(C(=O)CC3CCCC3)CC2)CC1. The highest BCUT2D eigenvalue weighted by molar-refractivity contribution is 5.94. The fourth-order valence-electron chi connectivity index (χ4n) is 6.28. The molecule has 2 aromatic rings. The van der Waals surface area contributed by atoms with E-state index >= 15 is 0 Å². The maximum absolute atomic E-state index is 12.7. The number of nitrogens with zero attached hydrogens (tertiary/aromatic N) is 4. The van der Waals surface area contributed by atoms with E-state index in [-0.39, 0.29) is 0 Å². The molecular weight excluding hydrogens is 424 g/mol. The summed E-state index contributed by atoms with van der Waals surface area (Å²) in [6, 6.07) is 8.29. The molecule has 1 saturated carbocycles. The van der Waals surface area contributed by atoms with Gasteiger partial charge in [-0.3, -0.25) is 9.78 Å². The zero-order chi connectivity index (χ0) is 23.3. The maximum atomic E-state index is 12.7. The molecule has 1 aromatic heterocycles. The van der Waals surface area contributed by atoms with E-state index in [1.165, 1.54) is 25.7 Å². The standard InChI is InChI=1S/C28H40N4O2/c1-34-25-10-9-24-8-4-13-29-27(24)28(25)32-15-5-14-30(18-19-32)21-23-11-16-31(17-12-23)26(33)20-22-6-2-3-7-22/h4,8-10,13,22-23H,2-3,5-7,11-12,14-21H2,1H3. The number of hydrogen-bond donors (Lipinski definition) is 0. The third-order valence-corrected chi connectivity index (χ3v) is 8.26. The number of fused-ring (bicyclic) bond motifs is 1. The van der Waals surface area contributed by atoms with Gasteiger partial charge in [-0.1, -0.05) is 18.9 Å². The summed E-state index contributed by atoms with van der Waals surface area (Å²) >= 11 is 0. The van der Waals surface area contributed by atoms with Crippen LogP contribution >= 0.6 is 0 Å². The molecule has 6 heteroatoms. The lowest BCUT2D eigenvalue weighted by molar-refractivity contribution is -0.133. The molecule has 2 saturated heterocycles. The van der Waals surface area contributed by atoms with Crippen molar-refractivity contribution in [2.24, 2.45) is 11.8 Å². The first kappa shape index (κ1) is 23.4. The van der Waals surface area contributed by atoms with Crippen LogP contribution in [0.4, 0.5) is 5.69 Å². The van der Waals surface area contributed by atoms with Crippen molar-refractivity contribution in [1.29, 1.82) is 0 Å². The fourth-order valence-corrected chi connectivity index (χ4v) is 6.28. The number of piperidine rings is 1. The van der Waals surface area contributed by atoms with Crippen molar-refractivity contribution in [3.05, 3.63) is 30.5 Å². The average molecular weight is 465 g/mol. The summed E-state index contributed by atoms with van der Waals surface area (Å²) in [6.07, 6.45) is 11.3. The Hall–Kier alpha value is -2.34. The number of amides is 1. The number of ether oxygens (including phenoxy) is 1. The van der Waals surface area contributed by atoms with Crippen LogP contribution in [0.25, 0.3) is 10.9 Å². The predicted molar refractivity (Wildman–Crippen MR) is 137 cm³/mol. The molecule has 184 valence electrons. The van der Waals surface area contributed by atoms with Crippen LogP contribution in [-0.4, -0.2) is 73.6 Å². The number of carbonyl (C=O) groups is 1. The van der Waals surface area contributed by atoms with Crippen LogP contribution in [-0.2, 0) is 4.79 Å². The summed E-state index contributed by atoms with van der Waals surface area (Å²) in [4.78, 5) is 24.7. The molecule has 0 bridgehead atoms. The molecule has 1 amide bonds. The van der Waals surface area contributed by atoms with E-state index in [4.69, 9.17) is 9.72 Å². The summed E-state index contributed by atoms with van der Waals surface area (Å²) in [6.45, 7) is 7.28. The fraction of sp³-hybridized carbons (Fsp3) is 0.643. The molecular formula is C28H40N4O2. The summed E-state index contributed by atoms with van der Waals surface area (Å²) in [5.41, 5.74) is 2.17. The molecule has 2 aliphatic heterocycles. The van der Waals surface area contributed by atoms with Crippen LogP contribution in [0.5, 0.6) is 5.75 Å². The van der Waals surface area contributed by atoms with E-state index in [1.807, 2.05) is 12.3 Å². The summed E-state index contributed by atoms with van der Waals surface area (Å²) in [7, 11) is 1.75. The van der Waals surface area contributed by atoms with Crippen molar-refractivity contribution in [2.45, 2.75) is 51.4 Å². The molecule has 34 heavy (non-hydrogen) atoms. The minimum atomic E-state index is 0.411. The minimum absolute atomic E-state index is 0.411. The van der Waals surface area contributed by atoms with E-state index in [0.717, 1.165) is 93.8 Å². The number of methoxy groups -OCH3 is 1. The lowest BCUT2D eigenvalue weighted by Gasteiger charge is -2.35. The van der Waals surface area contributed by atoms with Gasteiger partial charge in [0.15, 0.2) is 0 Å². The van der Waals surface area contributed by atoms with Crippen molar-refractivity contribution in [2.75, 3.05) is 57.8 Å². The average Bonchev–Trinajstić information content (AvgIpc) is 3.28. The van der Waals surface area contributed by atoms with Gasteiger partial charge in [-0.25, -0.2) is 0 Å². The summed E-state index contributed by atoms with van der Waals surface area (Å²) in [5, 5.41) is 1.16. The normalized spacial score (nSPS) is 21.2. The molecule has 1 aliphatic carbocycles. The van der Waals surface area contributed by atoms with Crippen molar-refractivity contribution < 1.29 is 9.53 Å². The second-order valence-corrected chi connectivity index (χ2v) is 10.5. The zero-order valence-corrected chi connectivity index (χ0v) is 20.8. The Balaban J connectivity index is 1.14. The molecule has 0 spiro atoms. The Morgan fingerprint density at radius 3 is 2.56 bits per heavy atom. The Morgan fingerprint density at radius 1 is 0.941 bits per heavy atom. The predicted octanol–water partition coefficient (Wildman–Crippen LogP) is 4.57. The van der Waals surface area contributed by atoms with Crippen LogP contribution in [0.2, 0.25) is 0 Å². The minimum Gasteiger partial charge on any atom is -0.494 e. The van der Waals surface area contributed by atoms with Gasteiger partial charge in [0.25, 0.3) is 0 Å². The lowest BCUT2D eigenvalue weighted by atomic mass is 9.95. The molecule has 1 aromatic carbocycles. The van der Waals surface area contributed by atoms with Crippen molar-refractivity contribution in [3.63, 3.8) is 0 Å². The number of pyridine rings is 1. The number of rotatable bonds is 6. The molecule has 0 unspecified atom stereocenters. The Bertz CT molecular complexity index is 966. The monoisotopic (exact) mass is 464 g/mol. The van der Waals surface area contributed by atoms with E-state index in [1.54, 1.807) is 7.11 Å². The number of anilines is 1. The number of carbonyl (C=O) groups excluding carboxylic acids is 1. The number of likely N-dealkylation sites (tertiary alicyclic amines) is 1. The topological polar surface area (TPSA) is 48.9 Å². The third-order valence-electron chi connectivity index (χ3n) is 8.26. The zero-order valence-electron chi connectivity index (χ0n) is 20.8. The summed E-state index contributed by atoms with van der Waals surface area (Å²) < 4.78 is 5.74. The molecule has 0 radical (unpaired) electrons. The number of aromatic nitrogens is 1. The molecule has 0 N–H and O–H groups in total. The van der Waals surface area contributed by atoms with Crippen molar-refractivity contribution >= 4 is 22.5 Å². The van der Waals surface area contributed by atoms with E-state index in [2.05, 4.69) is 32.9 Å². The van der Waals surface area contributed by atoms with Gasteiger partial charge in [-0.2, -0.15) is 0 Å². The van der Waals surface area contributed by atoms with Gasteiger partial charge >= 0.3 is 0 Å². The lowest BCUT2D eigenvalue weighted by Crippen LogP contribution is -2.42. The van der Waals surface area contributed by atoms with Gasteiger partial charge in [-0.05, 0) is 68.7 Å². The third kappa shape index (κ3) is 5.32. The summed E-state index contributed by atoms with van der Waals surface area (Å²) in [5.74, 6) is 2.68. The van der Waals surface area contributed by atoms with E-state index in [9.17, 15) is 4.79 Å². The first-order chi connectivity index (χ1) is 16.7. The van der Waals surface area contributed by atoms with Gasteiger partial charge in [-0.15, -0.1) is 0 Å². The molecule has 5 rings (SSSR count). The van der Waals surface area contributed by atoms with Gasteiger partial charge in [0.05, 0.1) is 12.6 Å². The van der Waals surface area contributed by atoms with Crippen LogP contribution in [0.15, 0.2) is 30.5 Å². The highest BCUT2D eigenvalue weighted by Gasteiger charge is 2.28. The van der Waals surface area contributed by atoms with E-state index in [0.29, 0.717) is 17.7 Å². The van der Waals surface area contributed by atoms with Gasteiger partial charge in [0, 0.05) is 57.3 Å². The van der Waals surface area contributed by atoms with Crippen molar-refractivity contribution in [3.8, 4) is 5.75 Å². The van der Waals surface area contributed by atoms with Crippen LogP contribution in [0.3, 0.4) is 0 Å². The molecule has 3 aliphatic rings. The van der Waals surface area contributed by atoms with Crippen LogP contribution in [0, 0.1) is 11.8 Å². The molecule has 6 nitrogen and oxygen atoms in total. The first-order valence-corrected chi connectivity index (χ1v) is 13.4. The van der Waals surface area contributed by atoms with Gasteiger partial charge in [0.2, 0.25) is 5.91 Å². The largest absolute Gasteiger partial charge is 0.494 e. The second-order valence-electron chi connectivity index (χ2n) is 10.5. The molecule has 3 heterocycles. The number of hydrogen-bond acceptors (Lipinski definition) is 5. The van der Waals surface area contributed by atoms with Crippen LogP contribution in [0.1, 0.15) is 51.4 Å². The second kappa shape index (κ2) is 10.9. The Morgan fingerprint density at radius 2 is 1.76 bits per heavy atom. The Labute approximate surface area is 204 Å². The Kier molecular flexibility index (Phi) is 7.53. The smallest absolute Gasteiger partial charge is 0.222 e. The maximum Gasteiger partial charge on any atom is 0.222 e. The highest BCUT2D eigenvalue weighted by Crippen LogP contribution is 2.36. The quantitative estimate of drug-likeness (QED) is 0.627. The molecule has 0 atom stereocenters. The highest BCUT2D eigenvalue weighted by atomic mass is 16.5. The van der Waals surface area contributed by atoms with Crippen LogP contribution < -0.4 is 9.64 Å².